The summed E-state index contributed by atoms with van der Waals surface area (Å²) in [4.78, 5) is 4.99. The first-order chi connectivity index (χ1) is 47.7. The first-order valence-corrected chi connectivity index (χ1v) is 33.4. The van der Waals surface area contributed by atoms with Crippen LogP contribution in [0.1, 0.15) is 22.6 Å². The van der Waals surface area contributed by atoms with E-state index in [2.05, 4.69) is 338 Å². The van der Waals surface area contributed by atoms with Gasteiger partial charge in [0.2, 0.25) is 0 Å². The molecule has 0 saturated carbocycles. The molecule has 0 spiro atoms. The Balaban J connectivity index is 0.827. The zero-order chi connectivity index (χ0) is 62.2. The van der Waals surface area contributed by atoms with Gasteiger partial charge >= 0.3 is 0 Å². The number of hydrogen-bond donors (Lipinski definition) is 0. The van der Waals surface area contributed by atoms with Gasteiger partial charge in [-0.3, -0.25) is 0 Å². The Kier molecular flexibility index (Phi) is 9.83. The average Bonchev–Trinajstić information content (AvgIpc) is 1.50. The monoisotopic (exact) mass is 1220 g/mol. The maximum absolute atomic E-state index is 2.66. The second-order valence-corrected chi connectivity index (χ2v) is 26.6. The molecule has 15 aromatic carbocycles. The lowest BCUT2D eigenvalue weighted by atomic mass is 9.89. The van der Waals surface area contributed by atoms with Crippen LogP contribution in [0.15, 0.2) is 315 Å². The highest BCUT2D eigenvalue weighted by molar-refractivity contribution is 6.38. The van der Waals surface area contributed by atoms with Crippen molar-refractivity contribution in [2.24, 2.45) is 0 Å². The van der Waals surface area contributed by atoms with Crippen LogP contribution in [0.25, 0.3) is 159 Å². The molecule has 0 saturated heterocycles. The van der Waals surface area contributed by atoms with Crippen LogP contribution in [0, 0.1) is 0 Å². The van der Waals surface area contributed by atoms with Gasteiger partial charge < -0.3 is 23.0 Å². The van der Waals surface area contributed by atoms with E-state index < -0.39 is 0 Å². The second kappa shape index (κ2) is 18.5. The SMILES string of the molecule is c1ccc(-c2c3c4cccc5c6ccc(N(c7ccccc7)c7cc8c9c(c7)-c7ccccc7C9c7ccccc7-8)cc6n(c3c(-c3ccccc3)c3c6cccc7c8ccc(N(c9ccccc9)c9cc%10c%11ccccc%11n%11c%12ccccc%12c(c9)c%10%11)cc8n(c23)c76)c54)cc1. The fourth-order valence-electron chi connectivity index (χ4n) is 18.3. The molecule has 0 radical (unpaired) electrons. The summed E-state index contributed by atoms with van der Waals surface area (Å²) >= 11 is 0. The number of para-hydroxylation sites is 6. The molecule has 0 N–H and O–H groups in total. The van der Waals surface area contributed by atoms with Gasteiger partial charge in [0.25, 0.3) is 0 Å². The van der Waals surface area contributed by atoms with Crippen LogP contribution in [-0.4, -0.2) is 13.2 Å². The van der Waals surface area contributed by atoms with Crippen molar-refractivity contribution in [3.05, 3.63) is 332 Å². The number of hydrogen-bond acceptors (Lipinski definition) is 2. The van der Waals surface area contributed by atoms with Crippen molar-refractivity contribution in [3.8, 4) is 44.5 Å². The van der Waals surface area contributed by atoms with Crippen molar-refractivity contribution < 1.29 is 0 Å². The minimum atomic E-state index is 0.233. The fraction of sp³-hybridized carbons (Fsp3) is 0.0110. The van der Waals surface area contributed by atoms with Crippen LogP contribution in [0.3, 0.4) is 0 Å². The van der Waals surface area contributed by atoms with Crippen LogP contribution >= 0.6 is 0 Å². The molecule has 2 aliphatic rings. The molecule has 0 amide bonds. The van der Waals surface area contributed by atoms with E-state index in [1.807, 2.05) is 0 Å². The van der Waals surface area contributed by atoms with E-state index in [-0.39, 0.29) is 5.92 Å². The van der Waals surface area contributed by atoms with Crippen molar-refractivity contribution in [2.45, 2.75) is 5.92 Å². The molecule has 96 heavy (non-hydrogen) atoms. The number of benzene rings is 15. The van der Waals surface area contributed by atoms with Crippen LogP contribution < -0.4 is 9.80 Å². The fourth-order valence-corrected chi connectivity index (χ4v) is 18.3. The van der Waals surface area contributed by atoms with Gasteiger partial charge in [-0.05, 0) is 135 Å². The van der Waals surface area contributed by atoms with Gasteiger partial charge in [0.15, 0.2) is 0 Å². The van der Waals surface area contributed by atoms with E-state index in [0.29, 0.717) is 0 Å². The van der Waals surface area contributed by atoms with Gasteiger partial charge in [-0.25, -0.2) is 0 Å². The first kappa shape index (κ1) is 50.9. The summed E-state index contributed by atoms with van der Waals surface area (Å²) in [7, 11) is 0. The van der Waals surface area contributed by atoms with E-state index in [1.165, 1.54) is 170 Å². The van der Waals surface area contributed by atoms with E-state index in [1.54, 1.807) is 0 Å². The summed E-state index contributed by atoms with van der Waals surface area (Å²) < 4.78 is 7.79. The standard InChI is InChI=1S/C91H53N5/c1-5-23-53(24-6-1)81-86-72-40-22-38-70-66-46-44-58(93(56-29-11-4-12-30-56)60-49-75-63-33-17-19-41-77(63)94-78-42-20-18-34-64(78)76(50-60)89(75)94)52-80(66)96(88(70)72)91(86)82(54-25-7-2-8-26-54)85-71-39-21-37-69-65-45-43-57(51-79(65)95(87(69)71)90(81)85)92(55-27-9-3-10-28-55)59-47-73-61-31-13-15-35-67(61)83-68-36-16-14-32-62(68)74(48-59)84(73)83/h1-52,83H. The van der Waals surface area contributed by atoms with Gasteiger partial charge in [-0.1, -0.05) is 231 Å². The maximum atomic E-state index is 2.66. The van der Waals surface area contributed by atoms with Gasteiger partial charge in [-0.15, -0.1) is 0 Å². The molecule has 2 aliphatic carbocycles. The van der Waals surface area contributed by atoms with Crippen molar-refractivity contribution in [1.29, 1.82) is 0 Å². The predicted octanol–water partition coefficient (Wildman–Crippen LogP) is 24.6. The normalized spacial score (nSPS) is 13.0. The maximum Gasteiger partial charge on any atom is 0.0634 e. The van der Waals surface area contributed by atoms with Crippen LogP contribution in [0.2, 0.25) is 0 Å². The third kappa shape index (κ3) is 6.44. The number of aromatic nitrogens is 3. The van der Waals surface area contributed by atoms with Gasteiger partial charge in [0, 0.05) is 116 Å². The number of rotatable bonds is 8. The minimum absolute atomic E-state index is 0.233. The molecule has 0 atom stereocenters. The topological polar surface area (TPSA) is 19.7 Å². The summed E-state index contributed by atoms with van der Waals surface area (Å²) in [6.07, 6.45) is 0. The lowest BCUT2D eigenvalue weighted by Crippen LogP contribution is -2.10. The van der Waals surface area contributed by atoms with Crippen LogP contribution in [0.4, 0.5) is 34.1 Å². The highest BCUT2D eigenvalue weighted by Gasteiger charge is 2.40. The largest absolute Gasteiger partial charge is 0.310 e. The first-order valence-electron chi connectivity index (χ1n) is 33.4. The van der Waals surface area contributed by atoms with Crippen LogP contribution in [-0.2, 0) is 0 Å². The molecule has 0 fully saturated rings. The second-order valence-electron chi connectivity index (χ2n) is 26.6. The number of nitrogens with zero attached hydrogens (tertiary/aromatic N) is 5. The molecule has 6 heterocycles. The quantitative estimate of drug-likeness (QED) is 0.151. The Morgan fingerprint density at radius 3 is 1.07 bits per heavy atom. The molecule has 5 nitrogen and oxygen atoms in total. The smallest absolute Gasteiger partial charge is 0.0634 e. The van der Waals surface area contributed by atoms with E-state index >= 15 is 0 Å². The molecule has 0 aliphatic heterocycles. The highest BCUT2D eigenvalue weighted by Crippen LogP contribution is 2.61. The molecule has 6 aromatic heterocycles. The van der Waals surface area contributed by atoms with E-state index in [0.717, 1.165) is 39.6 Å². The average molecular weight is 1220 g/mol. The minimum Gasteiger partial charge on any atom is -0.310 e. The summed E-state index contributed by atoms with van der Waals surface area (Å²) in [6.45, 7) is 0. The Morgan fingerprint density at radius 2 is 0.594 bits per heavy atom. The third-order valence-corrected chi connectivity index (χ3v) is 21.9. The third-order valence-electron chi connectivity index (χ3n) is 21.9. The highest BCUT2D eigenvalue weighted by atomic mass is 15.2. The molecule has 21 aromatic rings. The molecule has 0 unspecified atom stereocenters. The lowest BCUT2D eigenvalue weighted by molar-refractivity contribution is 1.05. The summed E-state index contributed by atoms with van der Waals surface area (Å²) in [5.41, 5.74) is 31.9. The van der Waals surface area contributed by atoms with Crippen molar-refractivity contribution in [3.63, 3.8) is 0 Å². The molecular weight excluding hydrogens is 1160 g/mol. The van der Waals surface area contributed by atoms with Gasteiger partial charge in [-0.2, -0.15) is 0 Å². The van der Waals surface area contributed by atoms with Crippen molar-refractivity contribution in [2.75, 3.05) is 9.80 Å². The summed E-state index contributed by atoms with van der Waals surface area (Å²) in [5, 5.41) is 14.9. The Morgan fingerprint density at radius 1 is 0.219 bits per heavy atom. The van der Waals surface area contributed by atoms with Crippen molar-refractivity contribution >= 4 is 148 Å². The molecule has 0 bridgehead atoms. The Bertz CT molecular complexity index is 6730. The van der Waals surface area contributed by atoms with E-state index in [9.17, 15) is 0 Å². The molecule has 23 rings (SSSR count). The van der Waals surface area contributed by atoms with Gasteiger partial charge in [0.05, 0.1) is 49.7 Å². The number of fused-ring (bicyclic) bond motifs is 24. The zero-order valence-electron chi connectivity index (χ0n) is 51.8. The zero-order valence-corrected chi connectivity index (χ0v) is 51.8. The molecular formula is C91H53N5. The summed E-state index contributed by atoms with van der Waals surface area (Å²) in [5.74, 6) is 0.233. The molecule has 5 heteroatoms. The molecule has 442 valence electrons. The van der Waals surface area contributed by atoms with Gasteiger partial charge in [0.1, 0.15) is 0 Å². The lowest BCUT2D eigenvalue weighted by Gasteiger charge is -2.27. The van der Waals surface area contributed by atoms with Crippen molar-refractivity contribution in [1.82, 2.24) is 13.2 Å². The summed E-state index contributed by atoms with van der Waals surface area (Å²) in [6, 6.07) is 119. The van der Waals surface area contributed by atoms with Crippen LogP contribution in [0.5, 0.6) is 0 Å². The number of anilines is 6. The van der Waals surface area contributed by atoms with E-state index in [4.69, 9.17) is 0 Å². The Hall–Kier alpha value is -12.7. The predicted molar refractivity (Wildman–Crippen MR) is 402 cm³/mol. The Labute approximate surface area is 550 Å².